The summed E-state index contributed by atoms with van der Waals surface area (Å²) in [5.41, 5.74) is 17.2. The van der Waals surface area contributed by atoms with E-state index < -0.39 is 6.04 Å². The molecule has 1 saturated heterocycles. The summed E-state index contributed by atoms with van der Waals surface area (Å²) in [6, 6.07) is 25.3. The van der Waals surface area contributed by atoms with Crippen LogP contribution in [-0.2, 0) is 27.5 Å². The van der Waals surface area contributed by atoms with E-state index in [1.165, 1.54) is 0 Å². The number of nitrogens with one attached hydrogen (secondary N) is 4. The lowest BCUT2D eigenvalue weighted by atomic mass is 9.96. The highest BCUT2D eigenvalue weighted by Gasteiger charge is 2.33. The van der Waals surface area contributed by atoms with Gasteiger partial charge in [0.2, 0.25) is 5.91 Å². The minimum atomic E-state index is -0.669. The molecule has 39 heavy (non-hydrogen) atoms. The van der Waals surface area contributed by atoms with Gasteiger partial charge in [-0.1, -0.05) is 106 Å². The van der Waals surface area contributed by atoms with Crippen LogP contribution in [0.5, 0.6) is 0 Å². The predicted octanol–water partition coefficient (Wildman–Crippen LogP) is 4.76. The first kappa shape index (κ1) is 28.4. The first-order chi connectivity index (χ1) is 19.0. The highest BCUT2D eigenvalue weighted by molar-refractivity contribution is 5.85. The second kappa shape index (κ2) is 14.0. The number of unbranched alkanes of at least 4 members (excludes halogenated alkanes) is 1. The lowest BCUT2D eigenvalue weighted by Crippen LogP contribution is -2.48. The van der Waals surface area contributed by atoms with Crippen LogP contribution in [0.1, 0.15) is 62.9 Å². The van der Waals surface area contributed by atoms with Gasteiger partial charge in [0.05, 0.1) is 0 Å². The normalized spacial score (nSPS) is 14.4. The zero-order chi connectivity index (χ0) is 27.6. The van der Waals surface area contributed by atoms with Crippen molar-refractivity contribution in [2.75, 3.05) is 0 Å². The summed E-state index contributed by atoms with van der Waals surface area (Å²) in [6.45, 7) is 6.51. The van der Waals surface area contributed by atoms with Gasteiger partial charge in [-0.2, -0.15) is 11.1 Å². The molecule has 0 radical (unpaired) electrons. The molecule has 1 aliphatic heterocycles. The van der Waals surface area contributed by atoms with Gasteiger partial charge in [-0.05, 0) is 40.2 Å². The van der Waals surface area contributed by atoms with E-state index in [-0.39, 0.29) is 30.6 Å². The van der Waals surface area contributed by atoms with E-state index in [2.05, 4.69) is 53.1 Å². The Balaban J connectivity index is 1.54. The zero-order valence-corrected chi connectivity index (χ0v) is 22.9. The first-order valence-electron chi connectivity index (χ1n) is 13.7. The number of esters is 1. The van der Waals surface area contributed by atoms with Crippen molar-refractivity contribution in [3.63, 3.8) is 0 Å². The van der Waals surface area contributed by atoms with Crippen molar-refractivity contribution < 1.29 is 14.3 Å². The summed E-state index contributed by atoms with van der Waals surface area (Å²) in [5, 5.41) is 0. The largest absolute Gasteiger partial charge is 0.459 e. The predicted molar refractivity (Wildman–Crippen MR) is 152 cm³/mol. The summed E-state index contributed by atoms with van der Waals surface area (Å²) >= 11 is 0. The average molecular weight is 530 g/mol. The molecule has 1 heterocycles. The molecule has 1 amide bonds. The Kier molecular flexibility index (Phi) is 10.2. The summed E-state index contributed by atoms with van der Waals surface area (Å²) in [5.74, 6) is -0.498. The number of carbonyl (C=O) groups is 2. The third-order valence-corrected chi connectivity index (χ3v) is 6.88. The molecule has 8 heteroatoms. The lowest BCUT2D eigenvalue weighted by molar-refractivity contribution is -0.159. The van der Waals surface area contributed by atoms with Crippen LogP contribution in [0.4, 0.5) is 0 Å². The van der Waals surface area contributed by atoms with Gasteiger partial charge >= 0.3 is 5.97 Å². The van der Waals surface area contributed by atoms with Gasteiger partial charge in [0, 0.05) is 13.0 Å². The molecular formula is C31H39N5O3. The average Bonchev–Trinajstić information content (AvgIpc) is 3.50. The second-order valence-corrected chi connectivity index (χ2v) is 10.2. The smallest absolute Gasteiger partial charge is 0.329 e. The van der Waals surface area contributed by atoms with E-state index in [9.17, 15) is 9.59 Å². The Bertz CT molecular complexity index is 1210. The molecular weight excluding hydrogens is 490 g/mol. The molecule has 1 atom stereocenters. The van der Waals surface area contributed by atoms with Gasteiger partial charge in [0.25, 0.3) is 0 Å². The van der Waals surface area contributed by atoms with Crippen molar-refractivity contribution in [3.8, 4) is 11.1 Å². The summed E-state index contributed by atoms with van der Waals surface area (Å²) in [7, 11) is 0. The van der Waals surface area contributed by atoms with Crippen molar-refractivity contribution in [2.24, 2.45) is 5.92 Å². The fourth-order valence-corrected chi connectivity index (χ4v) is 4.79. The number of benzene rings is 3. The number of hydrazine groups is 3. The van der Waals surface area contributed by atoms with Crippen LogP contribution in [-0.4, -0.2) is 22.8 Å². The molecule has 0 bridgehead atoms. The quantitative estimate of drug-likeness (QED) is 0.252. The number of rotatable bonds is 12. The van der Waals surface area contributed by atoms with Crippen molar-refractivity contribution in [1.29, 1.82) is 0 Å². The van der Waals surface area contributed by atoms with Crippen molar-refractivity contribution in [1.82, 2.24) is 26.8 Å². The minimum absolute atomic E-state index is 0.0278. The van der Waals surface area contributed by atoms with Crippen molar-refractivity contribution in [2.45, 2.75) is 65.4 Å². The van der Waals surface area contributed by atoms with Crippen molar-refractivity contribution >= 4 is 11.9 Å². The molecule has 4 N–H and O–H groups in total. The van der Waals surface area contributed by atoms with Crippen LogP contribution in [0, 0.1) is 5.92 Å². The van der Waals surface area contributed by atoms with E-state index in [4.69, 9.17) is 4.74 Å². The Morgan fingerprint density at radius 2 is 1.54 bits per heavy atom. The summed E-state index contributed by atoms with van der Waals surface area (Å²) < 4.78 is 5.71. The van der Waals surface area contributed by atoms with E-state index in [0.29, 0.717) is 13.0 Å². The van der Waals surface area contributed by atoms with Crippen LogP contribution in [0.3, 0.4) is 0 Å². The van der Waals surface area contributed by atoms with Crippen LogP contribution in [0.25, 0.3) is 11.1 Å². The van der Waals surface area contributed by atoms with Gasteiger partial charge in [0.1, 0.15) is 18.8 Å². The van der Waals surface area contributed by atoms with Crippen molar-refractivity contribution in [3.05, 3.63) is 95.6 Å². The minimum Gasteiger partial charge on any atom is -0.459 e. The highest BCUT2D eigenvalue weighted by atomic mass is 16.5. The standard InChI is InChI=1S/C31H39N5O3/c1-4-5-15-28(37)36(29(22(2)3)31(38)39-21-24-11-7-6-8-12-24)20-23-16-18-25(19-17-23)26-13-9-10-14-27(26)30-32-34-35-33-30/h6-14,16-19,22,29-30,32-35H,4-5,15,20-21H2,1-3H3/t29-/m0/s1. The van der Waals surface area contributed by atoms with Crippen LogP contribution in [0.15, 0.2) is 78.9 Å². The number of hydrogen-bond donors (Lipinski definition) is 4. The summed E-state index contributed by atoms with van der Waals surface area (Å²) in [6.07, 6.45) is 2.01. The van der Waals surface area contributed by atoms with Crippen LogP contribution >= 0.6 is 0 Å². The van der Waals surface area contributed by atoms with Crippen LogP contribution in [0.2, 0.25) is 0 Å². The molecule has 0 spiro atoms. The maximum atomic E-state index is 13.4. The topological polar surface area (TPSA) is 94.7 Å². The molecule has 8 nitrogen and oxygen atoms in total. The van der Waals surface area contributed by atoms with E-state index in [1.54, 1.807) is 4.90 Å². The Hall–Kier alpha value is -3.56. The van der Waals surface area contributed by atoms with E-state index in [0.717, 1.165) is 40.7 Å². The van der Waals surface area contributed by atoms with Gasteiger partial charge in [-0.3, -0.25) is 4.79 Å². The molecule has 3 aromatic carbocycles. The van der Waals surface area contributed by atoms with Crippen LogP contribution < -0.4 is 21.9 Å². The molecule has 0 aliphatic carbocycles. The lowest BCUT2D eigenvalue weighted by Gasteiger charge is -2.33. The third kappa shape index (κ3) is 7.52. The highest BCUT2D eigenvalue weighted by Crippen LogP contribution is 2.28. The zero-order valence-electron chi connectivity index (χ0n) is 22.9. The Morgan fingerprint density at radius 1 is 0.872 bits per heavy atom. The molecule has 206 valence electrons. The van der Waals surface area contributed by atoms with Gasteiger partial charge < -0.3 is 9.64 Å². The number of ether oxygens (including phenoxy) is 1. The second-order valence-electron chi connectivity index (χ2n) is 10.2. The third-order valence-electron chi connectivity index (χ3n) is 6.88. The molecule has 0 unspecified atom stereocenters. The Morgan fingerprint density at radius 3 is 2.21 bits per heavy atom. The molecule has 0 saturated carbocycles. The molecule has 4 rings (SSSR count). The van der Waals surface area contributed by atoms with Gasteiger partial charge in [-0.15, -0.1) is 0 Å². The maximum absolute atomic E-state index is 13.4. The number of hydrogen-bond acceptors (Lipinski definition) is 7. The molecule has 3 aromatic rings. The van der Waals surface area contributed by atoms with Gasteiger partial charge in [0.15, 0.2) is 0 Å². The fraction of sp³-hybridized carbons (Fsp3) is 0.355. The Labute approximate surface area is 231 Å². The monoisotopic (exact) mass is 529 g/mol. The number of nitrogens with zero attached hydrogens (tertiary/aromatic N) is 1. The number of carbonyl (C=O) groups excluding carboxylic acids is 2. The first-order valence-corrected chi connectivity index (χ1v) is 13.7. The SMILES string of the molecule is CCCCC(=O)N(Cc1ccc(-c2ccccc2C2NNNN2)cc1)[C@H](C(=O)OCc1ccccc1)C(C)C. The number of amides is 1. The maximum Gasteiger partial charge on any atom is 0.329 e. The van der Waals surface area contributed by atoms with E-state index >= 15 is 0 Å². The molecule has 1 fully saturated rings. The molecule has 0 aromatic heterocycles. The van der Waals surface area contributed by atoms with E-state index in [1.807, 2.05) is 68.4 Å². The fourth-order valence-electron chi connectivity index (χ4n) is 4.79. The van der Waals surface area contributed by atoms with Gasteiger partial charge in [-0.25, -0.2) is 15.6 Å². The molecule has 1 aliphatic rings. The summed E-state index contributed by atoms with van der Waals surface area (Å²) in [4.78, 5) is 28.4.